The van der Waals surface area contributed by atoms with Gasteiger partial charge in [-0.15, -0.1) is 0 Å². The summed E-state index contributed by atoms with van der Waals surface area (Å²) in [6.07, 6.45) is 3.69. The van der Waals surface area contributed by atoms with E-state index in [1.807, 2.05) is 0 Å². The van der Waals surface area contributed by atoms with Crippen LogP contribution in [0, 0.1) is 5.92 Å². The topological polar surface area (TPSA) is 84.1 Å². The molecule has 0 aromatic carbocycles. The number of aryl methyl sites for hydroxylation is 1. The second-order valence-electron chi connectivity index (χ2n) is 4.51. The lowest BCUT2D eigenvalue weighted by atomic mass is 10.0. The molecule has 5 heteroatoms. The number of nitrogen functional groups attached to an aromatic ring is 1. The summed E-state index contributed by atoms with van der Waals surface area (Å²) in [6, 6.07) is 1.75. The van der Waals surface area contributed by atoms with Crippen LogP contribution in [-0.2, 0) is 6.42 Å². The van der Waals surface area contributed by atoms with Crippen molar-refractivity contribution in [3.8, 4) is 0 Å². The van der Waals surface area contributed by atoms with Crippen molar-refractivity contribution in [2.24, 2.45) is 5.92 Å². The maximum Gasteiger partial charge on any atom is 0.133 e. The fourth-order valence-electron chi connectivity index (χ4n) is 1.83. The maximum atomic E-state index is 8.95. The van der Waals surface area contributed by atoms with E-state index in [1.165, 1.54) is 0 Å². The van der Waals surface area contributed by atoms with E-state index in [0.717, 1.165) is 43.9 Å². The van der Waals surface area contributed by atoms with Crippen LogP contribution in [0.1, 0.15) is 38.9 Å². The van der Waals surface area contributed by atoms with Crippen LogP contribution in [0.25, 0.3) is 0 Å². The Morgan fingerprint density at radius 1 is 1.39 bits per heavy atom. The zero-order chi connectivity index (χ0) is 13.4. The minimum absolute atomic E-state index is 0.229. The molecule has 0 spiro atoms. The van der Waals surface area contributed by atoms with Crippen molar-refractivity contribution < 1.29 is 5.11 Å². The van der Waals surface area contributed by atoms with Gasteiger partial charge >= 0.3 is 0 Å². The van der Waals surface area contributed by atoms with Gasteiger partial charge in [0.25, 0.3) is 0 Å². The molecule has 1 aromatic heterocycles. The average Bonchev–Trinajstić information content (AvgIpc) is 2.34. The molecule has 0 aliphatic carbocycles. The van der Waals surface area contributed by atoms with Gasteiger partial charge in [0.15, 0.2) is 0 Å². The van der Waals surface area contributed by atoms with Gasteiger partial charge in [0.2, 0.25) is 0 Å². The summed E-state index contributed by atoms with van der Waals surface area (Å²) in [5.41, 5.74) is 5.76. The van der Waals surface area contributed by atoms with Crippen molar-refractivity contribution in [3.63, 3.8) is 0 Å². The fraction of sp³-hybridized carbons (Fsp3) is 0.692. The molecule has 1 heterocycles. The summed E-state index contributed by atoms with van der Waals surface area (Å²) in [6.45, 7) is 5.25. The summed E-state index contributed by atoms with van der Waals surface area (Å²) in [4.78, 5) is 8.62. The van der Waals surface area contributed by atoms with E-state index in [0.29, 0.717) is 11.7 Å². The van der Waals surface area contributed by atoms with Gasteiger partial charge < -0.3 is 16.2 Å². The van der Waals surface area contributed by atoms with Gasteiger partial charge in [0.1, 0.15) is 17.5 Å². The van der Waals surface area contributed by atoms with Crippen LogP contribution in [0.3, 0.4) is 0 Å². The summed E-state index contributed by atoms with van der Waals surface area (Å²) in [7, 11) is 0. The number of nitrogens with two attached hydrogens (primary N) is 1. The summed E-state index contributed by atoms with van der Waals surface area (Å²) >= 11 is 0. The number of nitrogens with zero attached hydrogens (tertiary/aromatic N) is 2. The van der Waals surface area contributed by atoms with E-state index >= 15 is 0 Å². The van der Waals surface area contributed by atoms with Gasteiger partial charge in [-0.05, 0) is 18.8 Å². The van der Waals surface area contributed by atoms with Crippen molar-refractivity contribution >= 4 is 11.6 Å². The summed E-state index contributed by atoms with van der Waals surface area (Å²) in [5.74, 6) is 2.53. The van der Waals surface area contributed by atoms with Gasteiger partial charge in [-0.3, -0.25) is 0 Å². The molecule has 5 nitrogen and oxygen atoms in total. The van der Waals surface area contributed by atoms with Crippen LogP contribution in [0.4, 0.5) is 11.6 Å². The summed E-state index contributed by atoms with van der Waals surface area (Å²) in [5, 5.41) is 12.2. The van der Waals surface area contributed by atoms with Gasteiger partial charge in [-0.25, -0.2) is 9.97 Å². The molecule has 102 valence electrons. The Balaban J connectivity index is 2.60. The van der Waals surface area contributed by atoms with E-state index in [2.05, 4.69) is 29.1 Å². The van der Waals surface area contributed by atoms with Crippen molar-refractivity contribution in [2.45, 2.75) is 39.5 Å². The normalized spacial score (nSPS) is 12.4. The minimum Gasteiger partial charge on any atom is -0.396 e. The van der Waals surface area contributed by atoms with Crippen molar-refractivity contribution in [3.05, 3.63) is 11.9 Å². The molecule has 0 aliphatic rings. The average molecular weight is 252 g/mol. The van der Waals surface area contributed by atoms with Crippen molar-refractivity contribution in [2.75, 3.05) is 24.2 Å². The first-order valence-electron chi connectivity index (χ1n) is 6.67. The Kier molecular flexibility index (Phi) is 6.43. The Bertz CT molecular complexity index is 357. The van der Waals surface area contributed by atoms with E-state index in [9.17, 15) is 0 Å². The lowest BCUT2D eigenvalue weighted by Crippen LogP contribution is -2.16. The molecular weight excluding hydrogens is 228 g/mol. The molecular formula is C13H24N4O. The number of anilines is 2. The standard InChI is InChI=1S/C13H24N4O/c1-3-5-12-16-11(14)8-13(17-12)15-9-10(4-2)6-7-18/h8,10,18H,3-7,9H2,1-2H3,(H3,14,15,16,17). The Hall–Kier alpha value is -1.36. The van der Waals surface area contributed by atoms with Crippen molar-refractivity contribution in [1.29, 1.82) is 0 Å². The third-order valence-electron chi connectivity index (χ3n) is 2.95. The lowest BCUT2D eigenvalue weighted by molar-refractivity contribution is 0.258. The number of hydrogen-bond donors (Lipinski definition) is 3. The third kappa shape index (κ3) is 4.87. The van der Waals surface area contributed by atoms with Crippen LogP contribution in [0.5, 0.6) is 0 Å². The van der Waals surface area contributed by atoms with E-state index in [-0.39, 0.29) is 6.61 Å². The van der Waals surface area contributed by atoms with E-state index in [4.69, 9.17) is 10.8 Å². The highest BCUT2D eigenvalue weighted by Crippen LogP contribution is 2.13. The molecule has 0 radical (unpaired) electrons. The molecule has 1 atom stereocenters. The predicted octanol–water partition coefficient (Wildman–Crippen LogP) is 1.83. The van der Waals surface area contributed by atoms with Crippen LogP contribution in [0.15, 0.2) is 6.07 Å². The van der Waals surface area contributed by atoms with Crippen molar-refractivity contribution in [1.82, 2.24) is 9.97 Å². The van der Waals surface area contributed by atoms with Gasteiger partial charge in [0.05, 0.1) is 0 Å². The Labute approximate surface area is 109 Å². The number of nitrogens with one attached hydrogen (secondary N) is 1. The molecule has 1 rings (SSSR count). The lowest BCUT2D eigenvalue weighted by Gasteiger charge is -2.15. The molecule has 0 amide bonds. The van der Waals surface area contributed by atoms with E-state index in [1.54, 1.807) is 6.07 Å². The van der Waals surface area contributed by atoms with Gasteiger partial charge in [-0.2, -0.15) is 0 Å². The molecule has 4 N–H and O–H groups in total. The zero-order valence-corrected chi connectivity index (χ0v) is 11.3. The Morgan fingerprint density at radius 3 is 2.78 bits per heavy atom. The van der Waals surface area contributed by atoms with E-state index < -0.39 is 0 Å². The highest BCUT2D eigenvalue weighted by molar-refractivity contribution is 5.44. The summed E-state index contributed by atoms with van der Waals surface area (Å²) < 4.78 is 0. The number of aliphatic hydroxyl groups is 1. The molecule has 0 fully saturated rings. The number of rotatable bonds is 8. The van der Waals surface area contributed by atoms with Gasteiger partial charge in [-0.1, -0.05) is 20.3 Å². The molecule has 0 aliphatic heterocycles. The van der Waals surface area contributed by atoms with Gasteiger partial charge in [0, 0.05) is 25.6 Å². The molecule has 0 saturated heterocycles. The predicted molar refractivity (Wildman–Crippen MR) is 74.4 cm³/mol. The molecule has 1 unspecified atom stereocenters. The van der Waals surface area contributed by atoms with Crippen LogP contribution in [-0.4, -0.2) is 28.2 Å². The largest absolute Gasteiger partial charge is 0.396 e. The Morgan fingerprint density at radius 2 is 2.17 bits per heavy atom. The highest BCUT2D eigenvalue weighted by atomic mass is 16.3. The molecule has 0 saturated carbocycles. The maximum absolute atomic E-state index is 8.95. The third-order valence-corrected chi connectivity index (χ3v) is 2.95. The number of hydrogen-bond acceptors (Lipinski definition) is 5. The molecule has 0 bridgehead atoms. The fourth-order valence-corrected chi connectivity index (χ4v) is 1.83. The second-order valence-corrected chi connectivity index (χ2v) is 4.51. The number of aliphatic hydroxyl groups excluding tert-OH is 1. The highest BCUT2D eigenvalue weighted by Gasteiger charge is 2.07. The SMILES string of the molecule is CCCc1nc(N)cc(NCC(CC)CCO)n1. The first kappa shape index (κ1) is 14.7. The van der Waals surface area contributed by atoms with Crippen LogP contribution >= 0.6 is 0 Å². The minimum atomic E-state index is 0.229. The number of aromatic nitrogens is 2. The first-order chi connectivity index (χ1) is 8.69. The molecule has 18 heavy (non-hydrogen) atoms. The van der Waals surface area contributed by atoms with Crippen LogP contribution in [0.2, 0.25) is 0 Å². The quantitative estimate of drug-likeness (QED) is 0.657. The zero-order valence-electron chi connectivity index (χ0n) is 11.3. The second kappa shape index (κ2) is 7.87. The smallest absolute Gasteiger partial charge is 0.133 e. The van der Waals surface area contributed by atoms with Crippen LogP contribution < -0.4 is 11.1 Å². The molecule has 1 aromatic rings. The monoisotopic (exact) mass is 252 g/mol. The first-order valence-corrected chi connectivity index (χ1v) is 6.67.